The van der Waals surface area contributed by atoms with Gasteiger partial charge in [-0.2, -0.15) is 0 Å². The number of aromatic nitrogens is 1. The molecule has 0 saturated carbocycles. The van der Waals surface area contributed by atoms with E-state index in [1.807, 2.05) is 35.2 Å². The highest BCUT2D eigenvalue weighted by molar-refractivity contribution is 5.93. The molecular formula is C20H26N4O. The second kappa shape index (κ2) is 8.12. The van der Waals surface area contributed by atoms with Crippen LogP contribution in [0.2, 0.25) is 0 Å². The first-order valence-electron chi connectivity index (χ1n) is 8.96. The highest BCUT2D eigenvalue weighted by atomic mass is 16.2. The summed E-state index contributed by atoms with van der Waals surface area (Å²) in [4.78, 5) is 21.3. The molecule has 1 saturated heterocycles. The summed E-state index contributed by atoms with van der Waals surface area (Å²) < 4.78 is 0. The molecule has 132 valence electrons. The van der Waals surface area contributed by atoms with E-state index < -0.39 is 0 Å². The lowest BCUT2D eigenvalue weighted by Gasteiger charge is -2.33. The van der Waals surface area contributed by atoms with Crippen LogP contribution in [0.1, 0.15) is 35.9 Å². The van der Waals surface area contributed by atoms with Crippen LogP contribution in [0.5, 0.6) is 0 Å². The van der Waals surface area contributed by atoms with Crippen LogP contribution >= 0.6 is 0 Å². The first-order valence-corrected chi connectivity index (χ1v) is 8.96. The normalized spacial score (nSPS) is 16.5. The van der Waals surface area contributed by atoms with Crippen molar-refractivity contribution in [2.24, 2.45) is 0 Å². The number of carbonyl (C=O) groups excluding carboxylic acids is 1. The van der Waals surface area contributed by atoms with Crippen LogP contribution in [0.3, 0.4) is 0 Å². The molecule has 5 nitrogen and oxygen atoms in total. The van der Waals surface area contributed by atoms with E-state index >= 15 is 0 Å². The van der Waals surface area contributed by atoms with E-state index in [4.69, 9.17) is 0 Å². The predicted octanol–water partition coefficient (Wildman–Crippen LogP) is 3.03. The van der Waals surface area contributed by atoms with Crippen LogP contribution in [0.25, 0.3) is 0 Å². The number of anilines is 1. The van der Waals surface area contributed by atoms with Gasteiger partial charge in [0.25, 0.3) is 5.91 Å². The molecule has 0 bridgehead atoms. The standard InChI is InChI=1S/C20H26N4O/c1-3-23-11-13-24(14-12-23)20(25)19-15-18(9-10-21-19)22-16(2)17-7-5-4-6-8-17/h4-10,15-16H,3,11-14H2,1-2H3,(H,21,22). The number of nitrogens with one attached hydrogen (secondary N) is 1. The lowest BCUT2D eigenvalue weighted by atomic mass is 10.1. The third-order valence-corrected chi connectivity index (χ3v) is 4.77. The summed E-state index contributed by atoms with van der Waals surface area (Å²) in [5.74, 6) is 0.0202. The third-order valence-electron chi connectivity index (χ3n) is 4.77. The van der Waals surface area contributed by atoms with E-state index in [1.54, 1.807) is 6.20 Å². The summed E-state index contributed by atoms with van der Waals surface area (Å²) in [6.45, 7) is 8.72. The van der Waals surface area contributed by atoms with E-state index in [0.717, 1.165) is 38.4 Å². The maximum absolute atomic E-state index is 12.7. The molecule has 5 heteroatoms. The SMILES string of the molecule is CCN1CCN(C(=O)c2cc(NC(C)c3ccccc3)ccn2)CC1. The van der Waals surface area contributed by atoms with Crippen LogP contribution in [0.4, 0.5) is 5.69 Å². The first-order chi connectivity index (χ1) is 12.2. The molecule has 1 fully saturated rings. The van der Waals surface area contributed by atoms with Crippen molar-refractivity contribution in [1.82, 2.24) is 14.8 Å². The summed E-state index contributed by atoms with van der Waals surface area (Å²) in [6, 6.07) is 14.2. The van der Waals surface area contributed by atoms with Gasteiger partial charge in [-0.1, -0.05) is 37.3 Å². The number of carbonyl (C=O) groups is 1. The highest BCUT2D eigenvalue weighted by Crippen LogP contribution is 2.19. The molecule has 1 atom stereocenters. The third kappa shape index (κ3) is 4.37. The zero-order valence-corrected chi connectivity index (χ0v) is 15.0. The molecule has 1 aliphatic rings. The molecule has 2 aromatic rings. The Kier molecular flexibility index (Phi) is 5.66. The summed E-state index contributed by atoms with van der Waals surface area (Å²) in [6.07, 6.45) is 1.70. The zero-order valence-electron chi connectivity index (χ0n) is 15.0. The minimum atomic E-state index is 0.0202. The molecule has 2 heterocycles. The smallest absolute Gasteiger partial charge is 0.272 e. The molecule has 1 N–H and O–H groups in total. The van der Waals surface area contributed by atoms with Crippen LogP contribution in [-0.2, 0) is 0 Å². The first kappa shape index (κ1) is 17.4. The molecule has 0 spiro atoms. The molecule has 25 heavy (non-hydrogen) atoms. The van der Waals surface area contributed by atoms with Gasteiger partial charge in [0, 0.05) is 44.1 Å². The van der Waals surface area contributed by atoms with E-state index in [-0.39, 0.29) is 11.9 Å². The van der Waals surface area contributed by atoms with Gasteiger partial charge < -0.3 is 15.1 Å². The Morgan fingerprint density at radius 1 is 1.16 bits per heavy atom. The summed E-state index contributed by atoms with van der Waals surface area (Å²) >= 11 is 0. The largest absolute Gasteiger partial charge is 0.378 e. The number of piperazine rings is 1. The minimum absolute atomic E-state index is 0.0202. The van der Waals surface area contributed by atoms with Crippen molar-refractivity contribution in [3.05, 3.63) is 59.9 Å². The zero-order chi connectivity index (χ0) is 17.6. The molecule has 1 aromatic heterocycles. The predicted molar refractivity (Wildman–Crippen MR) is 101 cm³/mol. The molecule has 0 radical (unpaired) electrons. The van der Waals surface area contributed by atoms with Crippen LogP contribution in [0, 0.1) is 0 Å². The maximum atomic E-state index is 12.7. The number of benzene rings is 1. The Morgan fingerprint density at radius 2 is 1.88 bits per heavy atom. The van der Waals surface area contributed by atoms with Crippen molar-refractivity contribution in [2.75, 3.05) is 38.0 Å². The Morgan fingerprint density at radius 3 is 2.56 bits per heavy atom. The molecule has 1 aromatic carbocycles. The number of nitrogens with zero attached hydrogens (tertiary/aromatic N) is 3. The minimum Gasteiger partial charge on any atom is -0.378 e. The van der Waals surface area contributed by atoms with Gasteiger partial charge in [-0.3, -0.25) is 9.78 Å². The van der Waals surface area contributed by atoms with Crippen LogP contribution < -0.4 is 5.32 Å². The van der Waals surface area contributed by atoms with Crippen molar-refractivity contribution >= 4 is 11.6 Å². The molecule has 3 rings (SSSR count). The fourth-order valence-electron chi connectivity index (χ4n) is 3.14. The second-order valence-electron chi connectivity index (χ2n) is 6.43. The molecule has 1 amide bonds. The van der Waals surface area contributed by atoms with Gasteiger partial charge in [-0.05, 0) is 31.2 Å². The summed E-state index contributed by atoms with van der Waals surface area (Å²) in [5, 5.41) is 3.45. The van der Waals surface area contributed by atoms with Crippen LogP contribution in [-0.4, -0.2) is 53.4 Å². The number of hydrogen-bond donors (Lipinski definition) is 1. The van der Waals surface area contributed by atoms with E-state index in [2.05, 4.69) is 41.2 Å². The van der Waals surface area contributed by atoms with Gasteiger partial charge in [0.1, 0.15) is 5.69 Å². The maximum Gasteiger partial charge on any atom is 0.272 e. The number of hydrogen-bond acceptors (Lipinski definition) is 4. The summed E-state index contributed by atoms with van der Waals surface area (Å²) in [5.41, 5.74) is 2.64. The molecular weight excluding hydrogens is 312 g/mol. The average Bonchev–Trinajstić information content (AvgIpc) is 2.68. The van der Waals surface area contributed by atoms with Crippen molar-refractivity contribution in [2.45, 2.75) is 19.9 Å². The van der Waals surface area contributed by atoms with Crippen molar-refractivity contribution in [3.63, 3.8) is 0 Å². The van der Waals surface area contributed by atoms with Crippen molar-refractivity contribution in [1.29, 1.82) is 0 Å². The van der Waals surface area contributed by atoms with E-state index in [9.17, 15) is 4.79 Å². The lowest BCUT2D eigenvalue weighted by molar-refractivity contribution is 0.0637. The number of amides is 1. The van der Waals surface area contributed by atoms with Crippen molar-refractivity contribution in [3.8, 4) is 0 Å². The van der Waals surface area contributed by atoms with Gasteiger partial charge in [0.15, 0.2) is 0 Å². The highest BCUT2D eigenvalue weighted by Gasteiger charge is 2.22. The fraction of sp³-hybridized carbons (Fsp3) is 0.400. The van der Waals surface area contributed by atoms with Gasteiger partial charge in [-0.15, -0.1) is 0 Å². The van der Waals surface area contributed by atoms with Crippen molar-refractivity contribution < 1.29 is 4.79 Å². The van der Waals surface area contributed by atoms with Crippen LogP contribution in [0.15, 0.2) is 48.7 Å². The topological polar surface area (TPSA) is 48.5 Å². The van der Waals surface area contributed by atoms with Gasteiger partial charge >= 0.3 is 0 Å². The fourth-order valence-corrected chi connectivity index (χ4v) is 3.14. The molecule has 0 aliphatic carbocycles. The monoisotopic (exact) mass is 338 g/mol. The Balaban J connectivity index is 1.66. The average molecular weight is 338 g/mol. The van der Waals surface area contributed by atoms with Gasteiger partial charge in [0.2, 0.25) is 0 Å². The molecule has 1 unspecified atom stereocenters. The van der Waals surface area contributed by atoms with Gasteiger partial charge in [-0.25, -0.2) is 0 Å². The molecule has 1 aliphatic heterocycles. The second-order valence-corrected chi connectivity index (χ2v) is 6.43. The van der Waals surface area contributed by atoms with E-state index in [0.29, 0.717) is 5.69 Å². The Bertz CT molecular complexity index is 696. The quantitative estimate of drug-likeness (QED) is 0.910. The van der Waals surface area contributed by atoms with E-state index in [1.165, 1.54) is 5.56 Å². The van der Waals surface area contributed by atoms with Gasteiger partial charge in [0.05, 0.1) is 0 Å². The number of likely N-dealkylation sites (N-methyl/N-ethyl adjacent to an activating group) is 1. The Labute approximate surface area is 149 Å². The number of rotatable bonds is 5. The summed E-state index contributed by atoms with van der Waals surface area (Å²) in [7, 11) is 0. The Hall–Kier alpha value is -2.40. The lowest BCUT2D eigenvalue weighted by Crippen LogP contribution is -2.48. The number of pyridine rings is 1.